The van der Waals surface area contributed by atoms with Crippen molar-refractivity contribution in [3.05, 3.63) is 34.3 Å². The van der Waals surface area contributed by atoms with E-state index in [0.717, 1.165) is 10.0 Å². The Hall–Kier alpha value is -1.23. The number of hydrogen-bond acceptors (Lipinski definition) is 7. The molecule has 3 aliphatic heterocycles. The molecule has 3 heterocycles. The van der Waals surface area contributed by atoms with Gasteiger partial charge in [0.25, 0.3) is 0 Å². The van der Waals surface area contributed by atoms with E-state index in [-0.39, 0.29) is 0 Å². The molecular weight excluding hydrogens is 494 g/mol. The maximum Gasteiger partial charge on any atom is 0.411 e. The van der Waals surface area contributed by atoms with Crippen LogP contribution in [-0.4, -0.2) is 65.4 Å². The minimum Gasteiger partial charge on any atom is -0.444 e. The number of halogens is 1. The van der Waals surface area contributed by atoms with E-state index in [9.17, 15) is 4.79 Å². The van der Waals surface area contributed by atoms with Crippen molar-refractivity contribution in [1.82, 2.24) is 4.90 Å². The molecule has 0 unspecified atom stereocenters. The molecule has 184 valence electrons. The second kappa shape index (κ2) is 8.77. The van der Waals surface area contributed by atoms with Gasteiger partial charge < -0.3 is 28.4 Å². The van der Waals surface area contributed by atoms with E-state index >= 15 is 0 Å². The molecule has 0 aromatic heterocycles. The third-order valence-electron chi connectivity index (χ3n) is 5.74. The number of rotatable bonds is 4. The molecule has 0 bridgehead atoms. The van der Waals surface area contributed by atoms with Crippen LogP contribution in [0.5, 0.6) is 0 Å². The maximum absolute atomic E-state index is 13.6. The summed E-state index contributed by atoms with van der Waals surface area (Å²) in [4.78, 5) is 15.2. The summed E-state index contributed by atoms with van der Waals surface area (Å²) in [6.45, 7) is 13.6. The molecule has 0 saturated carbocycles. The van der Waals surface area contributed by atoms with E-state index in [0.29, 0.717) is 13.2 Å². The van der Waals surface area contributed by atoms with Crippen molar-refractivity contribution in [2.24, 2.45) is 0 Å². The zero-order valence-electron chi connectivity index (χ0n) is 20.3. The molecule has 9 heteroatoms. The Kier molecular flexibility index (Phi) is 6.61. The molecule has 0 N–H and O–H groups in total. The van der Waals surface area contributed by atoms with Crippen molar-refractivity contribution in [2.75, 3.05) is 6.61 Å². The second-order valence-corrected chi connectivity index (χ2v) is 11.5. The Labute approximate surface area is 203 Å². The van der Waals surface area contributed by atoms with Gasteiger partial charge in [-0.15, -0.1) is 0 Å². The SMILES string of the molecule is CC(C)(C)OC(=O)N(Cc1ccccc1Br)[C@@H]1[C@H]2OC(C)(C)O[C@H]2O[C@@H]1[C@H]1COC(C)(C)O1. The van der Waals surface area contributed by atoms with E-state index in [1.807, 2.05) is 72.7 Å². The molecule has 4 rings (SSSR count). The van der Waals surface area contributed by atoms with Crippen LogP contribution in [0.4, 0.5) is 4.79 Å². The third kappa shape index (κ3) is 5.55. The lowest BCUT2D eigenvalue weighted by molar-refractivity contribution is -0.227. The summed E-state index contributed by atoms with van der Waals surface area (Å²) in [5.41, 5.74) is 0.270. The quantitative estimate of drug-likeness (QED) is 0.566. The topological polar surface area (TPSA) is 75.7 Å². The number of benzene rings is 1. The smallest absolute Gasteiger partial charge is 0.411 e. The number of fused-ring (bicyclic) bond motifs is 1. The average molecular weight is 528 g/mol. The van der Waals surface area contributed by atoms with Gasteiger partial charge >= 0.3 is 6.09 Å². The lowest BCUT2D eigenvalue weighted by Gasteiger charge is -2.37. The number of ether oxygens (including phenoxy) is 6. The fourth-order valence-electron chi connectivity index (χ4n) is 4.48. The van der Waals surface area contributed by atoms with Crippen molar-refractivity contribution in [3.8, 4) is 0 Å². The van der Waals surface area contributed by atoms with Gasteiger partial charge in [-0.2, -0.15) is 0 Å². The highest BCUT2D eigenvalue weighted by Gasteiger charge is 2.61. The molecule has 3 aliphatic rings. The molecule has 33 heavy (non-hydrogen) atoms. The maximum atomic E-state index is 13.6. The van der Waals surface area contributed by atoms with E-state index < -0.39 is 53.9 Å². The highest BCUT2D eigenvalue weighted by atomic mass is 79.9. The van der Waals surface area contributed by atoms with Gasteiger partial charge in [0.15, 0.2) is 17.9 Å². The van der Waals surface area contributed by atoms with Gasteiger partial charge in [0.1, 0.15) is 23.9 Å². The fourth-order valence-corrected chi connectivity index (χ4v) is 4.89. The Morgan fingerprint density at radius 2 is 1.79 bits per heavy atom. The van der Waals surface area contributed by atoms with Gasteiger partial charge in [-0.3, -0.25) is 4.90 Å². The van der Waals surface area contributed by atoms with Gasteiger partial charge in [-0.1, -0.05) is 34.1 Å². The molecule has 1 aromatic rings. The van der Waals surface area contributed by atoms with Crippen LogP contribution in [0.25, 0.3) is 0 Å². The normalized spacial score (nSPS) is 32.5. The predicted octanol–water partition coefficient (Wildman–Crippen LogP) is 4.58. The number of carbonyl (C=O) groups excluding carboxylic acids is 1. The summed E-state index contributed by atoms with van der Waals surface area (Å²) >= 11 is 3.60. The first-order valence-corrected chi connectivity index (χ1v) is 12.1. The predicted molar refractivity (Wildman–Crippen MR) is 123 cm³/mol. The summed E-state index contributed by atoms with van der Waals surface area (Å²) < 4.78 is 37.3. The van der Waals surface area contributed by atoms with Crippen molar-refractivity contribution < 1.29 is 33.2 Å². The Bertz CT molecular complexity index is 884. The van der Waals surface area contributed by atoms with Crippen molar-refractivity contribution >= 4 is 22.0 Å². The van der Waals surface area contributed by atoms with Crippen LogP contribution in [0.15, 0.2) is 28.7 Å². The van der Waals surface area contributed by atoms with E-state index in [2.05, 4.69) is 15.9 Å². The van der Waals surface area contributed by atoms with Crippen LogP contribution in [0.1, 0.15) is 54.0 Å². The molecular formula is C24H34BrNO7. The summed E-state index contributed by atoms with van der Waals surface area (Å²) in [7, 11) is 0. The highest BCUT2D eigenvalue weighted by Crippen LogP contribution is 2.43. The van der Waals surface area contributed by atoms with Crippen LogP contribution in [0.2, 0.25) is 0 Å². The zero-order valence-corrected chi connectivity index (χ0v) is 21.9. The number of hydrogen-bond donors (Lipinski definition) is 0. The van der Waals surface area contributed by atoms with Gasteiger partial charge in [0.05, 0.1) is 19.2 Å². The lowest BCUT2D eigenvalue weighted by Crippen LogP contribution is -2.55. The standard InChI is InChI=1S/C24H34BrNO7/c1-22(2,3)33-21(27)26(12-14-10-8-9-11-15(14)25)17-18(16-13-28-23(4,5)30-16)29-20-19(17)31-24(6,7)32-20/h8-11,16-20H,12-13H2,1-7H3/t16-,17+,18-,19-,20-/m1/s1. The largest absolute Gasteiger partial charge is 0.444 e. The van der Waals surface area contributed by atoms with Crippen molar-refractivity contribution in [3.63, 3.8) is 0 Å². The summed E-state index contributed by atoms with van der Waals surface area (Å²) in [6, 6.07) is 7.28. The van der Waals surface area contributed by atoms with Crippen molar-refractivity contribution in [2.45, 2.75) is 103 Å². The molecule has 3 fully saturated rings. The van der Waals surface area contributed by atoms with Crippen LogP contribution in [0.3, 0.4) is 0 Å². The first-order valence-electron chi connectivity index (χ1n) is 11.3. The van der Waals surface area contributed by atoms with E-state index in [1.165, 1.54) is 0 Å². The lowest BCUT2D eigenvalue weighted by atomic mass is 10.0. The molecule has 3 saturated heterocycles. The molecule has 0 aliphatic carbocycles. The summed E-state index contributed by atoms with van der Waals surface area (Å²) in [6.07, 6.45) is -2.51. The van der Waals surface area contributed by atoms with Crippen molar-refractivity contribution in [1.29, 1.82) is 0 Å². The van der Waals surface area contributed by atoms with Crippen LogP contribution < -0.4 is 0 Å². The van der Waals surface area contributed by atoms with Crippen LogP contribution >= 0.6 is 15.9 Å². The first-order chi connectivity index (χ1) is 15.2. The second-order valence-electron chi connectivity index (χ2n) is 10.6. The summed E-state index contributed by atoms with van der Waals surface area (Å²) in [5, 5.41) is 0. The Morgan fingerprint density at radius 1 is 1.09 bits per heavy atom. The van der Waals surface area contributed by atoms with Gasteiger partial charge in [-0.25, -0.2) is 4.79 Å². The number of nitrogens with zero attached hydrogens (tertiary/aromatic N) is 1. The van der Waals surface area contributed by atoms with Crippen LogP contribution in [-0.2, 0) is 35.0 Å². The minimum absolute atomic E-state index is 0.296. The first kappa shape index (κ1) is 24.9. The van der Waals surface area contributed by atoms with Crippen LogP contribution in [0, 0.1) is 0 Å². The average Bonchev–Trinajstić information content (AvgIpc) is 3.28. The van der Waals surface area contributed by atoms with Gasteiger partial charge in [0.2, 0.25) is 0 Å². The van der Waals surface area contributed by atoms with Gasteiger partial charge in [0, 0.05) is 4.47 Å². The third-order valence-corrected chi connectivity index (χ3v) is 6.51. The fraction of sp³-hybridized carbons (Fsp3) is 0.708. The van der Waals surface area contributed by atoms with E-state index in [1.54, 1.807) is 4.90 Å². The molecule has 1 amide bonds. The molecule has 8 nitrogen and oxygen atoms in total. The summed E-state index contributed by atoms with van der Waals surface area (Å²) in [5.74, 6) is -1.58. The molecule has 1 aromatic carbocycles. The minimum atomic E-state index is -0.836. The van der Waals surface area contributed by atoms with Gasteiger partial charge in [-0.05, 0) is 60.1 Å². The molecule has 0 radical (unpaired) electrons. The zero-order chi connectivity index (χ0) is 24.2. The Balaban J connectivity index is 1.71. The number of carbonyl (C=O) groups is 1. The molecule has 5 atom stereocenters. The highest BCUT2D eigenvalue weighted by molar-refractivity contribution is 9.10. The van der Waals surface area contributed by atoms with E-state index in [4.69, 9.17) is 28.4 Å². The Morgan fingerprint density at radius 3 is 2.39 bits per heavy atom. The molecule has 0 spiro atoms. The monoisotopic (exact) mass is 527 g/mol. The number of amides is 1.